The van der Waals surface area contributed by atoms with E-state index in [9.17, 15) is 4.79 Å². The summed E-state index contributed by atoms with van der Waals surface area (Å²) in [5, 5.41) is 0. The standard InChI is InChI=1S/C14H19Cl2NO/c1-2-13(12-6-4-3-5-7-12)14(18)17(10-8-15)11-9-16/h3-7,13H,2,8-11H2,1H3. The van der Waals surface area contributed by atoms with Crippen LogP contribution in [-0.2, 0) is 4.79 Å². The van der Waals surface area contributed by atoms with Crippen molar-refractivity contribution in [1.29, 1.82) is 0 Å². The number of hydrogen-bond acceptors (Lipinski definition) is 1. The van der Waals surface area contributed by atoms with Gasteiger partial charge in [-0.2, -0.15) is 0 Å². The Hall–Kier alpha value is -0.730. The van der Waals surface area contributed by atoms with Crippen LogP contribution < -0.4 is 0 Å². The first-order valence-electron chi connectivity index (χ1n) is 6.20. The molecule has 18 heavy (non-hydrogen) atoms. The van der Waals surface area contributed by atoms with E-state index in [4.69, 9.17) is 23.2 Å². The van der Waals surface area contributed by atoms with Crippen molar-refractivity contribution in [3.8, 4) is 0 Å². The molecule has 100 valence electrons. The van der Waals surface area contributed by atoms with E-state index in [0.717, 1.165) is 12.0 Å². The summed E-state index contributed by atoms with van der Waals surface area (Å²) in [6.45, 7) is 3.13. The molecule has 0 fully saturated rings. The normalized spacial score (nSPS) is 12.2. The highest BCUT2D eigenvalue weighted by atomic mass is 35.5. The molecular weight excluding hydrogens is 269 g/mol. The van der Waals surface area contributed by atoms with Crippen LogP contribution in [0.4, 0.5) is 0 Å². The Labute approximate surface area is 119 Å². The van der Waals surface area contributed by atoms with E-state index in [1.807, 2.05) is 37.3 Å². The van der Waals surface area contributed by atoms with Crippen LogP contribution in [0, 0.1) is 0 Å². The van der Waals surface area contributed by atoms with Gasteiger partial charge in [-0.25, -0.2) is 0 Å². The Morgan fingerprint density at radius 3 is 2.17 bits per heavy atom. The number of hydrogen-bond donors (Lipinski definition) is 0. The van der Waals surface area contributed by atoms with Crippen molar-refractivity contribution in [2.45, 2.75) is 19.3 Å². The van der Waals surface area contributed by atoms with Crippen LogP contribution in [0.5, 0.6) is 0 Å². The third-order valence-electron chi connectivity index (χ3n) is 2.93. The Bertz CT molecular complexity index is 350. The van der Waals surface area contributed by atoms with Gasteiger partial charge in [-0.1, -0.05) is 37.3 Å². The van der Waals surface area contributed by atoms with Gasteiger partial charge in [0.05, 0.1) is 5.92 Å². The summed E-state index contributed by atoms with van der Waals surface area (Å²) in [6, 6.07) is 9.85. The van der Waals surface area contributed by atoms with Gasteiger partial charge in [-0.05, 0) is 12.0 Å². The van der Waals surface area contributed by atoms with Gasteiger partial charge >= 0.3 is 0 Å². The van der Waals surface area contributed by atoms with Crippen LogP contribution in [0.25, 0.3) is 0 Å². The van der Waals surface area contributed by atoms with E-state index < -0.39 is 0 Å². The summed E-state index contributed by atoms with van der Waals surface area (Å²) in [5.41, 5.74) is 1.05. The van der Waals surface area contributed by atoms with Gasteiger partial charge in [0.25, 0.3) is 0 Å². The second-order valence-corrected chi connectivity index (χ2v) is 4.83. The molecule has 0 aromatic heterocycles. The lowest BCUT2D eigenvalue weighted by atomic mass is 9.95. The number of rotatable bonds is 7. The lowest BCUT2D eigenvalue weighted by Gasteiger charge is -2.26. The Morgan fingerprint density at radius 1 is 1.17 bits per heavy atom. The molecule has 1 aromatic carbocycles. The fourth-order valence-electron chi connectivity index (χ4n) is 1.99. The summed E-state index contributed by atoms with van der Waals surface area (Å²) in [7, 11) is 0. The highest BCUT2D eigenvalue weighted by Gasteiger charge is 2.23. The van der Waals surface area contributed by atoms with Crippen LogP contribution in [-0.4, -0.2) is 35.7 Å². The number of nitrogens with zero attached hydrogens (tertiary/aromatic N) is 1. The van der Waals surface area contributed by atoms with Crippen molar-refractivity contribution in [3.63, 3.8) is 0 Å². The summed E-state index contributed by atoms with van der Waals surface area (Å²) in [4.78, 5) is 14.2. The molecule has 0 aliphatic heterocycles. The molecule has 1 unspecified atom stereocenters. The minimum absolute atomic E-state index is 0.0994. The monoisotopic (exact) mass is 287 g/mol. The third-order valence-corrected chi connectivity index (χ3v) is 3.27. The maximum Gasteiger partial charge on any atom is 0.230 e. The Kier molecular flexibility index (Phi) is 7.14. The number of benzene rings is 1. The zero-order valence-electron chi connectivity index (χ0n) is 10.6. The zero-order chi connectivity index (χ0) is 13.4. The van der Waals surface area contributed by atoms with Crippen molar-refractivity contribution in [2.75, 3.05) is 24.8 Å². The smallest absolute Gasteiger partial charge is 0.230 e. The fourth-order valence-corrected chi connectivity index (χ4v) is 2.40. The molecule has 0 spiro atoms. The third kappa shape index (κ3) is 4.18. The van der Waals surface area contributed by atoms with E-state index in [0.29, 0.717) is 24.8 Å². The van der Waals surface area contributed by atoms with Gasteiger partial charge in [0.15, 0.2) is 0 Å². The number of alkyl halides is 2. The molecule has 0 saturated carbocycles. The molecule has 1 rings (SSSR count). The fraction of sp³-hybridized carbons (Fsp3) is 0.500. The molecule has 0 saturated heterocycles. The molecule has 0 aliphatic carbocycles. The van der Waals surface area contributed by atoms with Gasteiger partial charge in [-0.3, -0.25) is 4.79 Å². The molecule has 2 nitrogen and oxygen atoms in total. The number of amides is 1. The molecule has 4 heteroatoms. The topological polar surface area (TPSA) is 20.3 Å². The average Bonchev–Trinajstić information content (AvgIpc) is 2.40. The van der Waals surface area contributed by atoms with Crippen molar-refractivity contribution in [3.05, 3.63) is 35.9 Å². The molecule has 0 radical (unpaired) electrons. The van der Waals surface area contributed by atoms with Gasteiger partial charge in [-0.15, -0.1) is 23.2 Å². The first-order chi connectivity index (χ1) is 8.74. The number of carbonyl (C=O) groups excluding carboxylic acids is 1. The Morgan fingerprint density at radius 2 is 1.72 bits per heavy atom. The van der Waals surface area contributed by atoms with E-state index in [1.54, 1.807) is 4.90 Å². The lowest BCUT2D eigenvalue weighted by Crippen LogP contribution is -2.37. The predicted molar refractivity (Wildman–Crippen MR) is 77.5 cm³/mol. The summed E-state index contributed by atoms with van der Waals surface area (Å²) < 4.78 is 0. The summed E-state index contributed by atoms with van der Waals surface area (Å²) in [5.74, 6) is 0.893. The highest BCUT2D eigenvalue weighted by Crippen LogP contribution is 2.22. The summed E-state index contributed by atoms with van der Waals surface area (Å²) >= 11 is 11.5. The molecule has 0 N–H and O–H groups in total. The minimum atomic E-state index is -0.0994. The molecule has 0 aliphatic rings. The van der Waals surface area contributed by atoms with Crippen LogP contribution in [0.15, 0.2) is 30.3 Å². The molecule has 1 aromatic rings. The molecule has 0 bridgehead atoms. The van der Waals surface area contributed by atoms with Gasteiger partial charge in [0, 0.05) is 24.8 Å². The molecule has 1 atom stereocenters. The van der Waals surface area contributed by atoms with E-state index in [-0.39, 0.29) is 11.8 Å². The predicted octanol–water partition coefficient (Wildman–Crippen LogP) is 3.49. The molecule has 0 heterocycles. The average molecular weight is 288 g/mol. The minimum Gasteiger partial charge on any atom is -0.340 e. The van der Waals surface area contributed by atoms with Crippen LogP contribution >= 0.6 is 23.2 Å². The zero-order valence-corrected chi connectivity index (χ0v) is 12.1. The van der Waals surface area contributed by atoms with E-state index >= 15 is 0 Å². The van der Waals surface area contributed by atoms with Crippen molar-refractivity contribution in [1.82, 2.24) is 4.90 Å². The van der Waals surface area contributed by atoms with Crippen molar-refractivity contribution < 1.29 is 4.79 Å². The van der Waals surface area contributed by atoms with Crippen molar-refractivity contribution >= 4 is 29.1 Å². The van der Waals surface area contributed by atoms with E-state index in [2.05, 4.69) is 0 Å². The SMILES string of the molecule is CCC(C(=O)N(CCCl)CCCl)c1ccccc1. The first-order valence-corrected chi connectivity index (χ1v) is 7.27. The van der Waals surface area contributed by atoms with Crippen molar-refractivity contribution in [2.24, 2.45) is 0 Å². The number of carbonyl (C=O) groups is 1. The molecule has 1 amide bonds. The maximum atomic E-state index is 12.5. The highest BCUT2D eigenvalue weighted by molar-refractivity contribution is 6.18. The van der Waals surface area contributed by atoms with Gasteiger partial charge in [0.1, 0.15) is 0 Å². The van der Waals surface area contributed by atoms with Crippen LogP contribution in [0.1, 0.15) is 24.8 Å². The maximum absolute atomic E-state index is 12.5. The first kappa shape index (κ1) is 15.3. The van der Waals surface area contributed by atoms with Crippen LogP contribution in [0.2, 0.25) is 0 Å². The largest absolute Gasteiger partial charge is 0.340 e. The Balaban J connectivity index is 2.83. The quantitative estimate of drug-likeness (QED) is 0.703. The van der Waals surface area contributed by atoms with E-state index in [1.165, 1.54) is 0 Å². The second-order valence-electron chi connectivity index (χ2n) is 4.07. The van der Waals surface area contributed by atoms with Crippen LogP contribution in [0.3, 0.4) is 0 Å². The molecular formula is C14H19Cl2NO. The summed E-state index contributed by atoms with van der Waals surface area (Å²) in [6.07, 6.45) is 0.782. The lowest BCUT2D eigenvalue weighted by molar-refractivity contribution is -0.132. The number of halogens is 2. The van der Waals surface area contributed by atoms with Gasteiger partial charge in [0.2, 0.25) is 5.91 Å². The van der Waals surface area contributed by atoms with Gasteiger partial charge < -0.3 is 4.90 Å². The second kappa shape index (κ2) is 8.39.